The highest BCUT2D eigenvalue weighted by Gasteiger charge is 2.06. The van der Waals surface area contributed by atoms with Crippen molar-refractivity contribution >= 4 is 39.1 Å². The molecule has 4 N–H and O–H groups in total. The second kappa shape index (κ2) is 6.78. The number of oxime groups is 1. The van der Waals surface area contributed by atoms with E-state index in [2.05, 4.69) is 26.4 Å². The van der Waals surface area contributed by atoms with Crippen LogP contribution in [-0.2, 0) is 6.54 Å². The van der Waals surface area contributed by atoms with E-state index in [1.165, 1.54) is 12.1 Å². The molecule has 0 spiro atoms. The zero-order chi connectivity index (χ0) is 15.4. The lowest BCUT2D eigenvalue weighted by atomic mass is 10.1. The monoisotopic (exact) mass is 371 g/mol. The quantitative estimate of drug-likeness (QED) is 0.329. The zero-order valence-electron chi connectivity index (χ0n) is 10.8. The molecule has 0 atom stereocenters. The summed E-state index contributed by atoms with van der Waals surface area (Å²) in [7, 11) is 0. The lowest BCUT2D eigenvalue weighted by molar-refractivity contribution is 0.318. The molecule has 0 aromatic heterocycles. The Morgan fingerprint density at radius 1 is 1.33 bits per heavy atom. The van der Waals surface area contributed by atoms with Crippen molar-refractivity contribution < 1.29 is 9.60 Å². The number of nitrogens with one attached hydrogen (secondary N) is 1. The Balaban J connectivity index is 2.18. The average Bonchev–Trinajstić information content (AvgIpc) is 2.45. The number of rotatable bonds is 4. The van der Waals surface area contributed by atoms with E-state index >= 15 is 0 Å². The highest BCUT2D eigenvalue weighted by Crippen LogP contribution is 2.26. The van der Waals surface area contributed by atoms with E-state index in [0.29, 0.717) is 22.7 Å². The van der Waals surface area contributed by atoms with Gasteiger partial charge in [0.2, 0.25) is 0 Å². The zero-order valence-corrected chi connectivity index (χ0v) is 13.1. The third kappa shape index (κ3) is 4.09. The molecule has 0 bridgehead atoms. The summed E-state index contributed by atoms with van der Waals surface area (Å²) >= 11 is 9.42. The fourth-order valence-electron chi connectivity index (χ4n) is 1.79. The molecular formula is C14H12BrClFN3O. The van der Waals surface area contributed by atoms with Gasteiger partial charge in [-0.15, -0.1) is 0 Å². The molecule has 0 heterocycles. The molecule has 0 aliphatic rings. The van der Waals surface area contributed by atoms with Crippen molar-refractivity contribution in [3.05, 3.63) is 62.8 Å². The van der Waals surface area contributed by atoms with Crippen LogP contribution in [0.1, 0.15) is 11.1 Å². The lowest BCUT2D eigenvalue weighted by Crippen LogP contribution is -2.14. The van der Waals surface area contributed by atoms with Crippen LogP contribution in [0.4, 0.5) is 10.1 Å². The topological polar surface area (TPSA) is 70.6 Å². The number of halogens is 3. The van der Waals surface area contributed by atoms with Crippen molar-refractivity contribution in [2.24, 2.45) is 10.9 Å². The van der Waals surface area contributed by atoms with Crippen LogP contribution in [0.5, 0.6) is 0 Å². The number of benzene rings is 2. The summed E-state index contributed by atoms with van der Waals surface area (Å²) < 4.78 is 14.4. The highest BCUT2D eigenvalue weighted by molar-refractivity contribution is 9.10. The normalized spacial score (nSPS) is 11.5. The lowest BCUT2D eigenvalue weighted by Gasteiger charge is -2.10. The molecule has 110 valence electrons. The molecule has 2 aromatic rings. The summed E-state index contributed by atoms with van der Waals surface area (Å²) in [5.74, 6) is -0.602. The molecule has 0 amide bonds. The number of hydrogen-bond acceptors (Lipinski definition) is 3. The first kappa shape index (κ1) is 15.6. The van der Waals surface area contributed by atoms with Crippen molar-refractivity contribution in [2.45, 2.75) is 6.54 Å². The smallest absolute Gasteiger partial charge is 0.170 e. The Kier molecular flexibility index (Phi) is 5.03. The van der Waals surface area contributed by atoms with E-state index in [0.717, 1.165) is 10.2 Å². The summed E-state index contributed by atoms with van der Waals surface area (Å²) in [5, 5.41) is 15.2. The number of nitrogens with two attached hydrogens (primary N) is 1. The van der Waals surface area contributed by atoms with Gasteiger partial charge in [0.05, 0.1) is 10.7 Å². The molecule has 2 aromatic carbocycles. The summed E-state index contributed by atoms with van der Waals surface area (Å²) in [6.07, 6.45) is 0. The summed E-state index contributed by atoms with van der Waals surface area (Å²) in [5.41, 5.74) is 7.16. The van der Waals surface area contributed by atoms with Gasteiger partial charge in [-0.25, -0.2) is 4.39 Å². The first-order chi connectivity index (χ1) is 9.99. The van der Waals surface area contributed by atoms with Gasteiger partial charge in [-0.3, -0.25) is 0 Å². The number of nitrogens with zero attached hydrogens (tertiary/aromatic N) is 1. The van der Waals surface area contributed by atoms with Crippen molar-refractivity contribution in [2.75, 3.05) is 5.32 Å². The van der Waals surface area contributed by atoms with Crippen LogP contribution in [0.25, 0.3) is 0 Å². The molecule has 0 unspecified atom stereocenters. The minimum atomic E-state index is -0.460. The Labute approximate surface area is 134 Å². The number of amidine groups is 1. The van der Waals surface area contributed by atoms with Gasteiger partial charge < -0.3 is 16.3 Å². The van der Waals surface area contributed by atoms with Gasteiger partial charge in [0.25, 0.3) is 0 Å². The minimum Gasteiger partial charge on any atom is -0.409 e. The van der Waals surface area contributed by atoms with Crippen LogP contribution in [0.3, 0.4) is 0 Å². The van der Waals surface area contributed by atoms with Gasteiger partial charge in [-0.2, -0.15) is 0 Å². The van der Waals surface area contributed by atoms with Gasteiger partial charge in [0.1, 0.15) is 5.82 Å². The molecule has 0 aliphatic carbocycles. The molecular weight excluding hydrogens is 361 g/mol. The van der Waals surface area contributed by atoms with Crippen LogP contribution >= 0.6 is 27.5 Å². The first-order valence-electron chi connectivity index (χ1n) is 5.96. The molecule has 0 saturated carbocycles. The van der Waals surface area contributed by atoms with Gasteiger partial charge in [-0.05, 0) is 42.0 Å². The Bertz CT molecular complexity index is 694. The number of anilines is 1. The van der Waals surface area contributed by atoms with E-state index in [-0.39, 0.29) is 5.84 Å². The molecule has 0 aliphatic heterocycles. The van der Waals surface area contributed by atoms with Crippen molar-refractivity contribution in [1.82, 2.24) is 0 Å². The van der Waals surface area contributed by atoms with E-state index in [1.807, 2.05) is 12.1 Å². The van der Waals surface area contributed by atoms with Crippen molar-refractivity contribution in [3.8, 4) is 0 Å². The Hall–Kier alpha value is -1.79. The maximum atomic E-state index is 13.5. The third-order valence-corrected chi connectivity index (χ3v) is 3.58. The SMILES string of the molecule is N/C(=N/O)c1cc(F)cc(CNc2ccc(Br)cc2Cl)c1. The predicted octanol–water partition coefficient (Wildman–Crippen LogP) is 3.95. The largest absolute Gasteiger partial charge is 0.409 e. The predicted molar refractivity (Wildman–Crippen MR) is 85.4 cm³/mol. The van der Waals surface area contributed by atoms with E-state index in [1.54, 1.807) is 12.1 Å². The van der Waals surface area contributed by atoms with Crippen LogP contribution in [0.2, 0.25) is 5.02 Å². The second-order valence-corrected chi connectivity index (χ2v) is 5.63. The summed E-state index contributed by atoms with van der Waals surface area (Å²) in [6.45, 7) is 0.352. The van der Waals surface area contributed by atoms with E-state index < -0.39 is 5.82 Å². The van der Waals surface area contributed by atoms with Gasteiger partial charge >= 0.3 is 0 Å². The average molecular weight is 373 g/mol. The van der Waals surface area contributed by atoms with Crippen LogP contribution in [0.15, 0.2) is 46.0 Å². The van der Waals surface area contributed by atoms with E-state index in [4.69, 9.17) is 22.5 Å². The maximum absolute atomic E-state index is 13.5. The minimum absolute atomic E-state index is 0.141. The molecule has 7 heteroatoms. The third-order valence-electron chi connectivity index (χ3n) is 2.78. The second-order valence-electron chi connectivity index (χ2n) is 4.31. The standard InChI is InChI=1S/C14H12BrClFN3O/c15-10-1-2-13(12(16)6-10)19-7-8-3-9(14(18)20-21)5-11(17)4-8/h1-6,19,21H,7H2,(H2,18,20). The molecule has 21 heavy (non-hydrogen) atoms. The Morgan fingerprint density at radius 3 is 2.76 bits per heavy atom. The maximum Gasteiger partial charge on any atom is 0.170 e. The van der Waals surface area contributed by atoms with Crippen LogP contribution in [0, 0.1) is 5.82 Å². The molecule has 0 saturated heterocycles. The van der Waals surface area contributed by atoms with Gasteiger partial charge in [-0.1, -0.05) is 32.7 Å². The van der Waals surface area contributed by atoms with Crippen LogP contribution in [-0.4, -0.2) is 11.0 Å². The van der Waals surface area contributed by atoms with Gasteiger partial charge in [0, 0.05) is 16.6 Å². The summed E-state index contributed by atoms with van der Waals surface area (Å²) in [6, 6.07) is 9.63. The molecule has 0 fully saturated rings. The fraction of sp³-hybridized carbons (Fsp3) is 0.0714. The highest BCUT2D eigenvalue weighted by atomic mass is 79.9. The van der Waals surface area contributed by atoms with E-state index in [9.17, 15) is 4.39 Å². The molecule has 2 rings (SSSR count). The Morgan fingerprint density at radius 2 is 2.10 bits per heavy atom. The van der Waals surface area contributed by atoms with Crippen LogP contribution < -0.4 is 11.1 Å². The fourth-order valence-corrected chi connectivity index (χ4v) is 2.53. The molecule has 0 radical (unpaired) electrons. The number of hydrogen-bond donors (Lipinski definition) is 3. The molecule has 4 nitrogen and oxygen atoms in total. The van der Waals surface area contributed by atoms with Crippen molar-refractivity contribution in [1.29, 1.82) is 0 Å². The summed E-state index contributed by atoms with van der Waals surface area (Å²) in [4.78, 5) is 0. The first-order valence-corrected chi connectivity index (χ1v) is 7.13. The van der Waals surface area contributed by atoms with Gasteiger partial charge in [0.15, 0.2) is 5.84 Å². The van der Waals surface area contributed by atoms with Crippen molar-refractivity contribution in [3.63, 3.8) is 0 Å².